The summed E-state index contributed by atoms with van der Waals surface area (Å²) in [5.74, 6) is 0.223. The van der Waals surface area contributed by atoms with E-state index in [4.69, 9.17) is 37.9 Å². The van der Waals surface area contributed by atoms with E-state index in [0.717, 1.165) is 18.4 Å². The van der Waals surface area contributed by atoms with Gasteiger partial charge in [0.25, 0.3) is 0 Å². The fraction of sp³-hybridized carbons (Fsp3) is 0.963. The largest absolute Gasteiger partial charge is 0.394 e. The molecule has 4 unspecified atom stereocenters. The van der Waals surface area contributed by atoms with E-state index < -0.39 is 184 Å². The highest BCUT2D eigenvalue weighted by Crippen LogP contribution is 2.75. The lowest BCUT2D eigenvalue weighted by molar-refractivity contribution is -0.380. The van der Waals surface area contributed by atoms with E-state index in [2.05, 4.69) is 47.6 Å². The molecule has 78 heavy (non-hydrogen) atoms. The van der Waals surface area contributed by atoms with E-state index in [1.807, 2.05) is 0 Å². The van der Waals surface area contributed by atoms with Crippen LogP contribution in [0.3, 0.4) is 0 Å². The Labute approximate surface area is 455 Å². The highest BCUT2D eigenvalue weighted by molar-refractivity contribution is 5.32. The van der Waals surface area contributed by atoms with Crippen LogP contribution in [0.2, 0.25) is 0 Å². The van der Waals surface area contributed by atoms with E-state index in [1.165, 1.54) is 13.8 Å². The van der Waals surface area contributed by atoms with E-state index in [0.29, 0.717) is 32.1 Å². The van der Waals surface area contributed by atoms with Gasteiger partial charge in [-0.2, -0.15) is 0 Å². The van der Waals surface area contributed by atoms with Gasteiger partial charge in [-0.05, 0) is 99.7 Å². The predicted octanol–water partition coefficient (Wildman–Crippen LogP) is -3.23. The number of fused-ring (bicyclic) bond motifs is 5. The molecule has 24 nitrogen and oxygen atoms in total. The van der Waals surface area contributed by atoms with Crippen LogP contribution in [-0.2, 0) is 37.9 Å². The number of aliphatic hydroxyl groups is 16. The highest BCUT2D eigenvalue weighted by Gasteiger charge is 2.70. The third kappa shape index (κ3) is 11.0. The number of hydrogen-bond acceptors (Lipinski definition) is 24. The molecular formula is C54H92O24. The van der Waals surface area contributed by atoms with Crippen LogP contribution < -0.4 is 0 Å². The van der Waals surface area contributed by atoms with Crippen molar-refractivity contribution in [2.75, 3.05) is 26.4 Å². The van der Waals surface area contributed by atoms with Gasteiger partial charge in [-0.1, -0.05) is 53.2 Å². The van der Waals surface area contributed by atoms with Gasteiger partial charge in [0.1, 0.15) is 97.7 Å². The number of rotatable bonds is 17. The molecule has 0 amide bonds. The minimum atomic E-state index is -1.93. The summed E-state index contributed by atoms with van der Waals surface area (Å²) in [5.41, 5.74) is -2.07. The minimum absolute atomic E-state index is 0.00555. The van der Waals surface area contributed by atoms with Gasteiger partial charge in [0.2, 0.25) is 0 Å². The van der Waals surface area contributed by atoms with Gasteiger partial charge in [0.15, 0.2) is 25.2 Å². The Balaban J connectivity index is 0.987. The van der Waals surface area contributed by atoms with Crippen LogP contribution in [0.5, 0.6) is 0 Å². The van der Waals surface area contributed by atoms with Crippen molar-refractivity contribution < 1.29 is 120 Å². The molecule has 4 aliphatic heterocycles. The van der Waals surface area contributed by atoms with E-state index in [-0.39, 0.29) is 40.9 Å². The summed E-state index contributed by atoms with van der Waals surface area (Å²) in [4.78, 5) is 0. The van der Waals surface area contributed by atoms with E-state index in [1.54, 1.807) is 0 Å². The Morgan fingerprint density at radius 1 is 0.590 bits per heavy atom. The van der Waals surface area contributed by atoms with Gasteiger partial charge in [-0.25, -0.2) is 0 Å². The van der Waals surface area contributed by atoms with Crippen molar-refractivity contribution in [2.24, 2.45) is 45.3 Å². The fourth-order valence-electron chi connectivity index (χ4n) is 15.6. The Bertz CT molecular complexity index is 2020. The first kappa shape index (κ1) is 62.8. The van der Waals surface area contributed by atoms with Crippen LogP contribution in [0.25, 0.3) is 0 Å². The third-order valence-electron chi connectivity index (χ3n) is 20.8. The first-order valence-corrected chi connectivity index (χ1v) is 28.0. The summed E-state index contributed by atoms with van der Waals surface area (Å²) in [5, 5.41) is 172. The van der Waals surface area contributed by atoms with Gasteiger partial charge >= 0.3 is 0 Å². The first-order valence-electron chi connectivity index (χ1n) is 28.0. The molecule has 24 heteroatoms. The lowest BCUT2D eigenvalue weighted by Crippen LogP contribution is -2.65. The summed E-state index contributed by atoms with van der Waals surface area (Å²) in [7, 11) is 0. The summed E-state index contributed by atoms with van der Waals surface area (Å²) < 4.78 is 47.7. The molecule has 30 atom stereocenters. The molecule has 3 saturated carbocycles. The van der Waals surface area contributed by atoms with Crippen molar-refractivity contribution in [3.05, 3.63) is 11.6 Å². The van der Waals surface area contributed by atoms with Crippen LogP contribution in [0.15, 0.2) is 11.6 Å². The van der Waals surface area contributed by atoms with Gasteiger partial charge in [-0.15, -0.1) is 0 Å². The average molecular weight is 1130 g/mol. The SMILES string of the molecule is C[C@H](CC[C@@H](O[C@@H]1O[C@H](CO[C@H]2O[C@H](CO)[C@@H](O)[C@H](O)[C@H]2O)[C@@H](O)[C@H](O)[C@H]1O[C@@H]1OC(CO)[C@@H](O)[C@H](O)[C@H]1O)C(C)(C)O)C1CC[C@@]2(C)C3CC=C4C(CC[C@H](O[C@@H]5O[C@H](CO)[C@@H](O)[C@H](O)[C@H]5O)C4(C)C)[C@]3(C)[C@H](O)C[C@]12C. The molecule has 4 saturated heterocycles. The molecule has 0 aromatic rings. The lowest BCUT2D eigenvalue weighted by Gasteiger charge is -2.67. The summed E-state index contributed by atoms with van der Waals surface area (Å²) in [6.07, 6.45) is -27.6. The van der Waals surface area contributed by atoms with Gasteiger partial charge in [0.05, 0.1) is 50.3 Å². The van der Waals surface area contributed by atoms with Crippen LogP contribution in [-0.4, -0.2) is 255 Å². The molecule has 8 aliphatic rings. The van der Waals surface area contributed by atoms with E-state index >= 15 is 0 Å². The lowest BCUT2D eigenvalue weighted by atomic mass is 9.38. The van der Waals surface area contributed by atoms with Gasteiger partial charge < -0.3 is 120 Å². The summed E-state index contributed by atoms with van der Waals surface area (Å²) >= 11 is 0. The third-order valence-corrected chi connectivity index (χ3v) is 20.8. The zero-order valence-corrected chi connectivity index (χ0v) is 46.1. The number of hydrogen-bond donors (Lipinski definition) is 16. The molecular weight excluding hydrogens is 1030 g/mol. The molecule has 0 aromatic carbocycles. The normalized spacial score (nSPS) is 51.4. The second-order valence-corrected chi connectivity index (χ2v) is 25.9. The number of allylic oxidation sites excluding steroid dienone is 1. The fourth-order valence-corrected chi connectivity index (χ4v) is 15.6. The molecule has 4 heterocycles. The second-order valence-electron chi connectivity index (χ2n) is 25.9. The second kappa shape index (κ2) is 23.7. The van der Waals surface area contributed by atoms with Crippen molar-refractivity contribution in [3.63, 3.8) is 0 Å². The molecule has 8 rings (SSSR count). The van der Waals surface area contributed by atoms with Crippen molar-refractivity contribution in [1.82, 2.24) is 0 Å². The Kier molecular flexibility index (Phi) is 19.1. The minimum Gasteiger partial charge on any atom is -0.394 e. The molecule has 16 N–H and O–H groups in total. The van der Waals surface area contributed by atoms with Crippen LogP contribution in [0, 0.1) is 45.3 Å². The quantitative estimate of drug-likeness (QED) is 0.0637. The Hall–Kier alpha value is -1.22. The van der Waals surface area contributed by atoms with Crippen LogP contribution in [0.1, 0.15) is 107 Å². The zero-order valence-electron chi connectivity index (χ0n) is 46.1. The van der Waals surface area contributed by atoms with Crippen molar-refractivity contribution >= 4 is 0 Å². The molecule has 4 aliphatic carbocycles. The van der Waals surface area contributed by atoms with Gasteiger partial charge in [-0.3, -0.25) is 0 Å². The topological polar surface area (TPSA) is 398 Å². The molecule has 452 valence electrons. The summed E-state index contributed by atoms with van der Waals surface area (Å²) in [6, 6.07) is 0. The maximum atomic E-state index is 12.7. The monoisotopic (exact) mass is 1120 g/mol. The van der Waals surface area contributed by atoms with Crippen molar-refractivity contribution in [3.8, 4) is 0 Å². The standard InChI is InChI=1S/C54H92O24/c1-22(23-15-16-52(6)30-12-10-24-25(54(30,8)31(58)17-53(23,52)7)11-14-32(50(24,2)3)76-47-43(68)39(64)35(60)27(19-56)73-47)9-13-33(51(4,5)70)77-49-45(78-48-44(69)40(65)36(61)28(20-57)74-48)41(66)37(62)29(75-49)21-71-46-42(67)38(63)34(59)26(18-55)72-46/h10,22-23,25-49,55-70H,9,11-21H2,1-8H3/t22-,23?,25?,26-,27-,28?,29-,30?,31-,32+,33-,34-,35-,36-,37-,38+,39+,40+,41+,42-,43-,44-,45-,46+,47+,48+,49+,52+,53-,54+/m1/s1. The number of aliphatic hydroxyl groups excluding tert-OH is 15. The zero-order chi connectivity index (χ0) is 57.5. The predicted molar refractivity (Wildman–Crippen MR) is 268 cm³/mol. The average Bonchev–Trinajstić information content (AvgIpc) is 3.21. The van der Waals surface area contributed by atoms with Crippen LogP contribution >= 0.6 is 0 Å². The molecule has 0 aromatic heterocycles. The van der Waals surface area contributed by atoms with E-state index in [9.17, 15) is 81.7 Å². The number of ether oxygens (including phenoxy) is 8. The maximum absolute atomic E-state index is 12.7. The molecule has 0 spiro atoms. The molecule has 7 fully saturated rings. The summed E-state index contributed by atoms with van der Waals surface area (Å²) in [6.45, 7) is 13.5. The maximum Gasteiger partial charge on any atom is 0.187 e. The van der Waals surface area contributed by atoms with Crippen molar-refractivity contribution in [1.29, 1.82) is 0 Å². The van der Waals surface area contributed by atoms with Crippen LogP contribution in [0.4, 0.5) is 0 Å². The van der Waals surface area contributed by atoms with Gasteiger partial charge in [0, 0.05) is 10.8 Å². The molecule has 0 radical (unpaired) electrons. The first-order chi connectivity index (χ1) is 36.4. The van der Waals surface area contributed by atoms with Crippen molar-refractivity contribution in [2.45, 2.75) is 253 Å². The smallest absolute Gasteiger partial charge is 0.187 e. The highest BCUT2D eigenvalue weighted by atomic mass is 16.8. The Morgan fingerprint density at radius 3 is 1.63 bits per heavy atom. The molecule has 0 bridgehead atoms. The Morgan fingerprint density at radius 2 is 1.09 bits per heavy atom.